The van der Waals surface area contributed by atoms with Gasteiger partial charge in [-0.05, 0) is 51.2 Å². The van der Waals surface area contributed by atoms with Gasteiger partial charge in [0.05, 0.1) is 19.2 Å². The van der Waals surface area contributed by atoms with Crippen LogP contribution < -0.4 is 15.4 Å². The number of halogens is 1. The minimum Gasteiger partial charge on any atom is -0.490 e. The topological polar surface area (TPSA) is 71.7 Å². The molecule has 0 unspecified atom stereocenters. The van der Waals surface area contributed by atoms with E-state index in [1.165, 1.54) is 18.4 Å². The molecular weight excluding hydrogens is 455 g/mol. The fourth-order valence-corrected chi connectivity index (χ4v) is 3.10. The highest BCUT2D eigenvalue weighted by Gasteiger charge is 2.18. The van der Waals surface area contributed by atoms with Crippen LogP contribution in [0.5, 0.6) is 5.75 Å². The number of aliphatic imine (C=N–C) groups is 1. The molecule has 0 spiro atoms. The molecule has 0 radical (unpaired) electrons. The van der Waals surface area contributed by atoms with E-state index in [1.807, 2.05) is 13.0 Å². The van der Waals surface area contributed by atoms with E-state index in [9.17, 15) is 0 Å². The summed E-state index contributed by atoms with van der Waals surface area (Å²) in [5.41, 5.74) is 3.17. The number of ether oxygens (including phenoxy) is 1. The largest absolute Gasteiger partial charge is 0.490 e. The number of aryl methyl sites for hydroxylation is 1. The van der Waals surface area contributed by atoms with Crippen molar-refractivity contribution in [2.75, 3.05) is 6.54 Å². The Balaban J connectivity index is 0.00000261. The van der Waals surface area contributed by atoms with E-state index in [1.54, 1.807) is 6.26 Å². The lowest BCUT2D eigenvalue weighted by atomic mass is 10.1. The second-order valence-corrected chi connectivity index (χ2v) is 6.67. The lowest BCUT2D eigenvalue weighted by Gasteiger charge is -2.17. The summed E-state index contributed by atoms with van der Waals surface area (Å²) in [5.74, 6) is 1.72. The molecule has 1 fully saturated rings. The van der Waals surface area contributed by atoms with Crippen LogP contribution in [0, 0.1) is 6.92 Å². The van der Waals surface area contributed by atoms with E-state index < -0.39 is 0 Å². The zero-order valence-corrected chi connectivity index (χ0v) is 18.4. The van der Waals surface area contributed by atoms with Crippen LogP contribution in [0.2, 0.25) is 0 Å². The van der Waals surface area contributed by atoms with Crippen LogP contribution in [0.1, 0.15) is 49.4 Å². The number of hydrogen-bond donors (Lipinski definition) is 2. The third-order valence-corrected chi connectivity index (χ3v) is 4.50. The molecule has 2 N–H and O–H groups in total. The molecule has 1 heterocycles. The molecule has 1 aliphatic rings. The van der Waals surface area contributed by atoms with Crippen LogP contribution in [0.3, 0.4) is 0 Å². The van der Waals surface area contributed by atoms with Crippen LogP contribution >= 0.6 is 24.0 Å². The van der Waals surface area contributed by atoms with Gasteiger partial charge in [-0.15, -0.1) is 24.0 Å². The summed E-state index contributed by atoms with van der Waals surface area (Å²) in [7, 11) is 0. The van der Waals surface area contributed by atoms with Gasteiger partial charge in [0.25, 0.3) is 0 Å². The standard InChI is InChI=1S/C20H28N4O2.HI/c1-3-21-20(23-14-17-10-11-25-24-17)22-13-16-9-8-15(2)12-19(16)26-18-6-4-5-7-18;/h8-12,18H,3-7,13-14H2,1-2H3,(H2,21,22,23);1H. The molecule has 0 saturated heterocycles. The Kier molecular flexibility index (Phi) is 8.90. The molecule has 3 rings (SSSR count). The summed E-state index contributed by atoms with van der Waals surface area (Å²) in [5, 5.41) is 10.4. The van der Waals surface area contributed by atoms with Crippen molar-refractivity contribution < 1.29 is 9.26 Å². The number of benzene rings is 1. The second kappa shape index (κ2) is 11.2. The summed E-state index contributed by atoms with van der Waals surface area (Å²) in [6, 6.07) is 8.19. The number of aromatic nitrogens is 1. The first kappa shape index (κ1) is 21.5. The third kappa shape index (κ3) is 6.71. The number of rotatable bonds is 7. The molecule has 1 saturated carbocycles. The van der Waals surface area contributed by atoms with Gasteiger partial charge in [-0.2, -0.15) is 0 Å². The SMILES string of the molecule is CCNC(=NCc1ccc(C)cc1OC1CCCC1)NCc1ccon1.I. The van der Waals surface area contributed by atoms with Crippen LogP contribution in [-0.4, -0.2) is 23.8 Å². The van der Waals surface area contributed by atoms with Gasteiger partial charge in [-0.3, -0.25) is 0 Å². The van der Waals surface area contributed by atoms with Gasteiger partial charge in [0.15, 0.2) is 5.96 Å². The van der Waals surface area contributed by atoms with E-state index in [-0.39, 0.29) is 24.0 Å². The molecule has 1 aliphatic carbocycles. The van der Waals surface area contributed by atoms with Crippen LogP contribution in [0.15, 0.2) is 40.0 Å². The Labute approximate surface area is 178 Å². The minimum absolute atomic E-state index is 0. The van der Waals surface area contributed by atoms with Crippen molar-refractivity contribution in [1.82, 2.24) is 15.8 Å². The number of nitrogens with one attached hydrogen (secondary N) is 2. The van der Waals surface area contributed by atoms with Crippen molar-refractivity contribution in [3.63, 3.8) is 0 Å². The minimum atomic E-state index is 0. The van der Waals surface area contributed by atoms with Crippen molar-refractivity contribution in [1.29, 1.82) is 0 Å². The van der Waals surface area contributed by atoms with Crippen LogP contribution in [0.25, 0.3) is 0 Å². The van der Waals surface area contributed by atoms with E-state index >= 15 is 0 Å². The number of nitrogens with zero attached hydrogens (tertiary/aromatic N) is 2. The molecular formula is C20H29IN4O2. The first-order valence-electron chi connectivity index (χ1n) is 9.42. The molecule has 1 aromatic carbocycles. The van der Waals surface area contributed by atoms with Crippen LogP contribution in [0.4, 0.5) is 0 Å². The number of guanidine groups is 1. The van der Waals surface area contributed by atoms with E-state index in [0.717, 1.165) is 42.4 Å². The molecule has 148 valence electrons. The lowest BCUT2D eigenvalue weighted by Crippen LogP contribution is -2.36. The molecule has 0 aliphatic heterocycles. The first-order valence-corrected chi connectivity index (χ1v) is 9.42. The first-order chi connectivity index (χ1) is 12.7. The van der Waals surface area contributed by atoms with Crippen molar-refractivity contribution in [2.24, 2.45) is 4.99 Å². The highest BCUT2D eigenvalue weighted by Crippen LogP contribution is 2.28. The maximum atomic E-state index is 6.27. The van der Waals surface area contributed by atoms with Crippen molar-refractivity contribution in [3.05, 3.63) is 47.3 Å². The highest BCUT2D eigenvalue weighted by atomic mass is 127. The smallest absolute Gasteiger partial charge is 0.191 e. The molecule has 0 bridgehead atoms. The normalized spacial score (nSPS) is 14.7. The van der Waals surface area contributed by atoms with Crippen molar-refractivity contribution in [2.45, 2.75) is 58.7 Å². The number of hydrogen-bond acceptors (Lipinski definition) is 4. The molecule has 0 atom stereocenters. The summed E-state index contributed by atoms with van der Waals surface area (Å²) in [6.07, 6.45) is 6.75. The third-order valence-electron chi connectivity index (χ3n) is 4.50. The molecule has 1 aromatic heterocycles. The Morgan fingerprint density at radius 1 is 1.26 bits per heavy atom. The molecule has 7 heteroatoms. The predicted octanol–water partition coefficient (Wildman–Crippen LogP) is 4.18. The molecule has 27 heavy (non-hydrogen) atoms. The average Bonchev–Trinajstić information content (AvgIpc) is 3.32. The van der Waals surface area contributed by atoms with Gasteiger partial charge < -0.3 is 19.9 Å². The van der Waals surface area contributed by atoms with Gasteiger partial charge in [0, 0.05) is 18.2 Å². The van der Waals surface area contributed by atoms with E-state index in [0.29, 0.717) is 19.2 Å². The fourth-order valence-electron chi connectivity index (χ4n) is 3.10. The van der Waals surface area contributed by atoms with E-state index in [2.05, 4.69) is 40.9 Å². The average molecular weight is 484 g/mol. The maximum Gasteiger partial charge on any atom is 0.191 e. The van der Waals surface area contributed by atoms with Gasteiger partial charge in [-0.1, -0.05) is 17.3 Å². The van der Waals surface area contributed by atoms with Crippen molar-refractivity contribution in [3.8, 4) is 5.75 Å². The Bertz CT molecular complexity index is 713. The zero-order valence-electron chi connectivity index (χ0n) is 16.0. The lowest BCUT2D eigenvalue weighted by molar-refractivity contribution is 0.208. The Hall–Kier alpha value is -1.77. The second-order valence-electron chi connectivity index (χ2n) is 6.67. The van der Waals surface area contributed by atoms with Gasteiger partial charge >= 0.3 is 0 Å². The summed E-state index contributed by atoms with van der Waals surface area (Å²) >= 11 is 0. The summed E-state index contributed by atoms with van der Waals surface area (Å²) < 4.78 is 11.1. The van der Waals surface area contributed by atoms with Crippen molar-refractivity contribution >= 4 is 29.9 Å². The Morgan fingerprint density at radius 3 is 2.78 bits per heavy atom. The predicted molar refractivity (Wildman–Crippen MR) is 118 cm³/mol. The van der Waals surface area contributed by atoms with Gasteiger partial charge in [-0.25, -0.2) is 4.99 Å². The monoisotopic (exact) mass is 484 g/mol. The maximum absolute atomic E-state index is 6.27. The molecule has 6 nitrogen and oxygen atoms in total. The molecule has 2 aromatic rings. The van der Waals surface area contributed by atoms with Gasteiger partial charge in [0.1, 0.15) is 17.7 Å². The highest BCUT2D eigenvalue weighted by molar-refractivity contribution is 14.0. The Morgan fingerprint density at radius 2 is 2.07 bits per heavy atom. The fraction of sp³-hybridized carbons (Fsp3) is 0.500. The summed E-state index contributed by atoms with van der Waals surface area (Å²) in [6.45, 7) is 6.08. The summed E-state index contributed by atoms with van der Waals surface area (Å²) in [4.78, 5) is 4.70. The van der Waals surface area contributed by atoms with Crippen LogP contribution in [-0.2, 0) is 13.1 Å². The molecule has 0 amide bonds. The van der Waals surface area contributed by atoms with E-state index in [4.69, 9.17) is 14.3 Å². The zero-order chi connectivity index (χ0) is 18.2. The van der Waals surface area contributed by atoms with Gasteiger partial charge in [0.2, 0.25) is 0 Å². The quantitative estimate of drug-likeness (QED) is 0.351.